The molecule has 0 amide bonds. The van der Waals surface area contributed by atoms with Crippen LogP contribution in [0.2, 0.25) is 5.02 Å². The molecule has 0 unspecified atom stereocenters. The van der Waals surface area contributed by atoms with Crippen molar-refractivity contribution in [3.8, 4) is 11.9 Å². The molecular formula is C27H35ClN5O6+. The number of halogens is 1. The van der Waals surface area contributed by atoms with Gasteiger partial charge >= 0.3 is 12.1 Å². The fourth-order valence-electron chi connectivity index (χ4n) is 3.06. The summed E-state index contributed by atoms with van der Waals surface area (Å²) in [5.74, 6) is 0.480. The number of nitrogens with zero attached hydrogens (tertiary/aromatic N) is 3. The molecule has 0 saturated heterocycles. The molecule has 1 aromatic carbocycles. The molecule has 0 saturated carbocycles. The standard InChI is InChI=1S/C27H34ClN5O6/c1-27(2,3)39-24(34)18-37-26(35)38-20-33-15-12-22(13-16-33)32-25(31-19-29)30-14-6-4-5-7-17-36-23-10-8-21(28)9-11-23/h8-13,15-16H,4-7,14,17-18,20H2,1-3H3,(H,30,31)/p+1. The van der Waals surface area contributed by atoms with Gasteiger partial charge in [-0.2, -0.15) is 9.83 Å². The first-order valence-electron chi connectivity index (χ1n) is 12.5. The maximum absolute atomic E-state index is 11.7. The predicted octanol–water partition coefficient (Wildman–Crippen LogP) is 4.56. The monoisotopic (exact) mass is 560 g/mol. The zero-order chi connectivity index (χ0) is 28.5. The van der Waals surface area contributed by atoms with Crippen LogP contribution in [-0.4, -0.2) is 43.4 Å². The van der Waals surface area contributed by atoms with Crippen molar-refractivity contribution in [3.05, 3.63) is 53.8 Å². The quantitative estimate of drug-likeness (QED) is 0.0687. The number of nitriles is 1. The van der Waals surface area contributed by atoms with Gasteiger partial charge in [-0.1, -0.05) is 18.0 Å². The summed E-state index contributed by atoms with van der Waals surface area (Å²) in [6.07, 6.45) is 8.01. The number of hydrogen-bond donors (Lipinski definition) is 2. The van der Waals surface area contributed by atoms with Gasteiger partial charge in [0.25, 0.3) is 6.73 Å². The highest BCUT2D eigenvalue weighted by molar-refractivity contribution is 6.30. The molecule has 11 nitrogen and oxygen atoms in total. The van der Waals surface area contributed by atoms with Crippen molar-refractivity contribution >= 4 is 35.4 Å². The van der Waals surface area contributed by atoms with E-state index in [4.69, 9.17) is 35.8 Å². The minimum atomic E-state index is -0.989. The fraction of sp³-hybridized carbons (Fsp3) is 0.444. The van der Waals surface area contributed by atoms with Gasteiger partial charge in [-0.3, -0.25) is 10.3 Å². The summed E-state index contributed by atoms with van der Waals surface area (Å²) >= 11 is 5.86. The molecule has 0 radical (unpaired) electrons. The van der Waals surface area contributed by atoms with E-state index in [1.807, 2.05) is 18.3 Å². The summed E-state index contributed by atoms with van der Waals surface area (Å²) in [6.45, 7) is 5.70. The van der Waals surface area contributed by atoms with Crippen LogP contribution in [0.4, 0.5) is 10.5 Å². The average molecular weight is 561 g/mol. The third-order valence-electron chi connectivity index (χ3n) is 4.79. The zero-order valence-electron chi connectivity index (χ0n) is 22.4. The number of aliphatic imine (C=N–C) groups is 1. The van der Waals surface area contributed by atoms with Gasteiger partial charge in [-0.05, 0) is 64.3 Å². The molecule has 0 aliphatic rings. The van der Waals surface area contributed by atoms with Crippen molar-refractivity contribution in [2.75, 3.05) is 25.1 Å². The minimum Gasteiger partial charge on any atom is -0.494 e. The lowest BCUT2D eigenvalue weighted by atomic mass is 10.2. The number of carbonyl (C=O) groups excluding carboxylic acids is 2. The number of unbranched alkanes of at least 4 members (excludes halogenated alkanes) is 3. The van der Waals surface area contributed by atoms with Gasteiger partial charge in [0.05, 0.1) is 12.3 Å². The normalized spacial score (nSPS) is 11.2. The van der Waals surface area contributed by atoms with Crippen molar-refractivity contribution in [3.63, 3.8) is 0 Å². The lowest BCUT2D eigenvalue weighted by Gasteiger charge is -2.19. The summed E-state index contributed by atoms with van der Waals surface area (Å²) in [7, 11) is 0. The number of rotatable bonds is 13. The Balaban J connectivity index is 1.65. The van der Waals surface area contributed by atoms with E-state index in [0.717, 1.165) is 31.4 Å². The van der Waals surface area contributed by atoms with Gasteiger partial charge in [0.2, 0.25) is 5.96 Å². The van der Waals surface area contributed by atoms with Crippen LogP contribution in [0.25, 0.3) is 0 Å². The molecule has 0 fully saturated rings. The van der Waals surface area contributed by atoms with E-state index in [2.05, 4.69) is 15.6 Å². The van der Waals surface area contributed by atoms with E-state index in [1.165, 1.54) is 0 Å². The summed E-state index contributed by atoms with van der Waals surface area (Å²) in [5, 5.41) is 15.3. The van der Waals surface area contributed by atoms with E-state index in [0.29, 0.717) is 29.8 Å². The summed E-state index contributed by atoms with van der Waals surface area (Å²) < 4.78 is 22.0. The molecule has 210 valence electrons. The predicted molar refractivity (Wildman–Crippen MR) is 145 cm³/mol. The molecule has 1 heterocycles. The summed E-state index contributed by atoms with van der Waals surface area (Å²) in [4.78, 5) is 27.7. The molecule has 0 spiro atoms. The van der Waals surface area contributed by atoms with Crippen LogP contribution in [0, 0.1) is 11.5 Å². The SMILES string of the molecule is CC(C)(C)OC(=O)COC(=O)OC[n+]1ccc(NC(=NCCCCCCOc2ccc(Cl)cc2)NC#N)cc1. The lowest BCUT2D eigenvalue weighted by Crippen LogP contribution is -2.36. The van der Waals surface area contributed by atoms with Gasteiger partial charge in [0.15, 0.2) is 25.2 Å². The van der Waals surface area contributed by atoms with Gasteiger partial charge in [-0.25, -0.2) is 9.59 Å². The zero-order valence-corrected chi connectivity index (χ0v) is 23.2. The average Bonchev–Trinajstić information content (AvgIpc) is 2.88. The molecule has 0 atom stereocenters. The Bertz CT molecular complexity index is 1110. The number of carbonyl (C=O) groups is 2. The van der Waals surface area contributed by atoms with E-state index >= 15 is 0 Å². The summed E-state index contributed by atoms with van der Waals surface area (Å²) in [5.41, 5.74) is 0.0119. The molecule has 2 rings (SSSR count). The van der Waals surface area contributed by atoms with Gasteiger partial charge in [-0.15, -0.1) is 0 Å². The third-order valence-corrected chi connectivity index (χ3v) is 5.04. The first kappa shape index (κ1) is 31.2. The van der Waals surface area contributed by atoms with E-state index in [-0.39, 0.29) is 6.73 Å². The maximum atomic E-state index is 11.7. The number of benzene rings is 1. The molecule has 2 aromatic rings. The van der Waals surface area contributed by atoms with Crippen LogP contribution in [0.1, 0.15) is 46.5 Å². The number of esters is 1. The van der Waals surface area contributed by atoms with Crippen LogP contribution in [0.3, 0.4) is 0 Å². The third kappa shape index (κ3) is 14.5. The number of pyridine rings is 1. The molecule has 1 aromatic heterocycles. The smallest absolute Gasteiger partial charge is 0.494 e. The van der Waals surface area contributed by atoms with Crippen LogP contribution in [0.5, 0.6) is 5.75 Å². The molecule has 0 aliphatic carbocycles. The Morgan fingerprint density at radius 2 is 1.72 bits per heavy atom. The lowest BCUT2D eigenvalue weighted by molar-refractivity contribution is -0.727. The minimum absolute atomic E-state index is 0.116. The van der Waals surface area contributed by atoms with E-state index in [9.17, 15) is 9.59 Å². The number of hydrogen-bond acceptors (Lipinski definition) is 8. The topological polar surface area (TPSA) is 135 Å². The molecule has 0 aliphatic heterocycles. The molecule has 0 bridgehead atoms. The van der Waals surface area contributed by atoms with E-state index in [1.54, 1.807) is 62.0 Å². The number of nitrogens with one attached hydrogen (secondary N) is 2. The second kappa shape index (κ2) is 16.7. The number of anilines is 1. The number of guanidine groups is 1. The van der Waals surface area contributed by atoms with Crippen LogP contribution < -0.4 is 19.9 Å². The highest BCUT2D eigenvalue weighted by Crippen LogP contribution is 2.16. The second-order valence-electron chi connectivity index (χ2n) is 9.31. The van der Waals surface area contributed by atoms with Gasteiger partial charge in [0.1, 0.15) is 11.4 Å². The Hall–Kier alpha value is -4.04. The van der Waals surface area contributed by atoms with Crippen LogP contribution in [0.15, 0.2) is 53.8 Å². The second-order valence-corrected chi connectivity index (χ2v) is 9.74. The van der Waals surface area contributed by atoms with Gasteiger partial charge < -0.3 is 24.3 Å². The highest BCUT2D eigenvalue weighted by atomic mass is 35.5. The first-order valence-corrected chi connectivity index (χ1v) is 12.9. The molecular weight excluding hydrogens is 526 g/mol. The largest absolute Gasteiger partial charge is 0.513 e. The molecule has 39 heavy (non-hydrogen) atoms. The number of aromatic nitrogens is 1. The fourth-order valence-corrected chi connectivity index (χ4v) is 3.19. The van der Waals surface area contributed by atoms with Crippen LogP contribution in [-0.2, 0) is 25.7 Å². The Morgan fingerprint density at radius 1 is 1.03 bits per heavy atom. The summed E-state index contributed by atoms with van der Waals surface area (Å²) in [6, 6.07) is 10.7. The Kier molecular flexibility index (Phi) is 13.4. The maximum Gasteiger partial charge on any atom is 0.513 e. The van der Waals surface area contributed by atoms with Crippen molar-refractivity contribution in [2.45, 2.75) is 58.8 Å². The Labute approximate surface area is 233 Å². The van der Waals surface area contributed by atoms with Gasteiger partial charge in [0, 0.05) is 23.7 Å². The highest BCUT2D eigenvalue weighted by Gasteiger charge is 2.18. The van der Waals surface area contributed by atoms with Crippen molar-refractivity contribution in [1.29, 1.82) is 5.26 Å². The first-order chi connectivity index (χ1) is 18.6. The Morgan fingerprint density at radius 3 is 2.38 bits per heavy atom. The van der Waals surface area contributed by atoms with Crippen molar-refractivity contribution < 1.29 is 33.1 Å². The molecule has 2 N–H and O–H groups in total. The van der Waals surface area contributed by atoms with E-state index < -0.39 is 24.3 Å². The van der Waals surface area contributed by atoms with Crippen molar-refractivity contribution in [1.82, 2.24) is 5.32 Å². The van der Waals surface area contributed by atoms with Crippen molar-refractivity contribution in [2.24, 2.45) is 4.99 Å². The molecule has 12 heteroatoms. The van der Waals surface area contributed by atoms with Crippen LogP contribution >= 0.6 is 11.6 Å². The number of ether oxygens (including phenoxy) is 4.